The molecule has 1 saturated heterocycles. The van der Waals surface area contributed by atoms with Crippen molar-refractivity contribution in [3.63, 3.8) is 0 Å². The van der Waals surface area contributed by atoms with Crippen LogP contribution in [0.1, 0.15) is 41.5 Å². The second-order valence-electron chi connectivity index (χ2n) is 7.07. The molecule has 2 unspecified atom stereocenters. The van der Waals surface area contributed by atoms with Crippen LogP contribution in [0.25, 0.3) is 10.9 Å². The number of aryl methyl sites for hydroxylation is 2. The molecule has 1 N–H and O–H groups in total. The Labute approximate surface area is 141 Å². The van der Waals surface area contributed by atoms with Gasteiger partial charge in [-0.05, 0) is 54.6 Å². The molecule has 122 valence electrons. The van der Waals surface area contributed by atoms with Gasteiger partial charge in [0.1, 0.15) is 5.82 Å². The minimum absolute atomic E-state index is 0.166. The summed E-state index contributed by atoms with van der Waals surface area (Å²) in [5.41, 5.74) is 5.55. The molecule has 5 rings (SSSR count). The van der Waals surface area contributed by atoms with Crippen molar-refractivity contribution in [2.75, 3.05) is 6.54 Å². The fourth-order valence-corrected chi connectivity index (χ4v) is 4.64. The predicted molar refractivity (Wildman–Crippen MR) is 94.8 cm³/mol. The largest absolute Gasteiger partial charge is 0.347 e. The lowest BCUT2D eigenvalue weighted by atomic mass is 9.87. The molecule has 0 bridgehead atoms. The van der Waals surface area contributed by atoms with Crippen molar-refractivity contribution in [1.82, 2.24) is 9.88 Å². The van der Waals surface area contributed by atoms with Gasteiger partial charge in [-0.1, -0.05) is 30.3 Å². The summed E-state index contributed by atoms with van der Waals surface area (Å²) in [6, 6.07) is 14.0. The van der Waals surface area contributed by atoms with E-state index in [0.717, 1.165) is 19.5 Å². The summed E-state index contributed by atoms with van der Waals surface area (Å²) in [4.78, 5) is 0. The van der Waals surface area contributed by atoms with Crippen molar-refractivity contribution in [3.8, 4) is 0 Å². The van der Waals surface area contributed by atoms with E-state index in [0.29, 0.717) is 5.92 Å². The quantitative estimate of drug-likeness (QED) is 0.733. The minimum Gasteiger partial charge on any atom is -0.347 e. The molecular weight excluding hydrogens is 299 g/mol. The number of nitrogens with one attached hydrogen (secondary N) is 1. The van der Waals surface area contributed by atoms with Crippen LogP contribution in [0.5, 0.6) is 0 Å². The Hall–Kier alpha value is -2.13. The molecule has 0 amide bonds. The Morgan fingerprint density at radius 2 is 1.96 bits per heavy atom. The number of nitrogens with zero attached hydrogens (tertiary/aromatic N) is 1. The number of benzene rings is 2. The molecular formula is C21H21FN2. The van der Waals surface area contributed by atoms with Crippen LogP contribution in [-0.2, 0) is 13.0 Å². The minimum atomic E-state index is -0.166. The third-order valence-electron chi connectivity index (χ3n) is 5.71. The summed E-state index contributed by atoms with van der Waals surface area (Å²) in [6.45, 7) is 2.13. The molecule has 0 radical (unpaired) electrons. The first kappa shape index (κ1) is 14.2. The van der Waals surface area contributed by atoms with Gasteiger partial charge in [-0.25, -0.2) is 4.39 Å². The van der Waals surface area contributed by atoms with Crippen LogP contribution >= 0.6 is 0 Å². The summed E-state index contributed by atoms with van der Waals surface area (Å²) in [5.74, 6) is 0.285. The third-order valence-corrected chi connectivity index (χ3v) is 5.71. The highest BCUT2D eigenvalue weighted by Crippen LogP contribution is 2.42. The first-order valence-corrected chi connectivity index (χ1v) is 8.91. The molecule has 2 nitrogen and oxygen atoms in total. The van der Waals surface area contributed by atoms with Crippen molar-refractivity contribution in [1.29, 1.82) is 0 Å². The van der Waals surface area contributed by atoms with Gasteiger partial charge in [-0.2, -0.15) is 0 Å². The lowest BCUT2D eigenvalue weighted by Crippen LogP contribution is -2.17. The van der Waals surface area contributed by atoms with Crippen molar-refractivity contribution >= 4 is 10.9 Å². The second kappa shape index (κ2) is 5.45. The van der Waals surface area contributed by atoms with Gasteiger partial charge in [-0.3, -0.25) is 0 Å². The Morgan fingerprint density at radius 3 is 2.83 bits per heavy atom. The molecule has 3 heteroatoms. The van der Waals surface area contributed by atoms with Crippen molar-refractivity contribution in [3.05, 3.63) is 71.2 Å². The van der Waals surface area contributed by atoms with Crippen molar-refractivity contribution in [2.24, 2.45) is 0 Å². The van der Waals surface area contributed by atoms with Gasteiger partial charge >= 0.3 is 0 Å². The zero-order valence-corrected chi connectivity index (χ0v) is 13.6. The van der Waals surface area contributed by atoms with Crippen LogP contribution in [0.3, 0.4) is 0 Å². The number of para-hydroxylation sites is 1. The molecule has 2 aromatic carbocycles. The zero-order chi connectivity index (χ0) is 16.1. The predicted octanol–water partition coefficient (Wildman–Crippen LogP) is 4.54. The number of halogens is 1. The maximum absolute atomic E-state index is 13.3. The topological polar surface area (TPSA) is 17.0 Å². The maximum Gasteiger partial charge on any atom is 0.123 e. The van der Waals surface area contributed by atoms with E-state index in [1.165, 1.54) is 40.4 Å². The van der Waals surface area contributed by atoms with E-state index in [1.54, 1.807) is 12.1 Å². The van der Waals surface area contributed by atoms with Crippen LogP contribution in [0.15, 0.2) is 48.7 Å². The van der Waals surface area contributed by atoms with E-state index in [-0.39, 0.29) is 11.9 Å². The molecule has 24 heavy (non-hydrogen) atoms. The molecule has 2 aliphatic rings. The Morgan fingerprint density at radius 1 is 1.08 bits per heavy atom. The van der Waals surface area contributed by atoms with E-state index in [9.17, 15) is 4.39 Å². The number of rotatable bonds is 2. The zero-order valence-electron chi connectivity index (χ0n) is 13.6. The van der Waals surface area contributed by atoms with Gasteiger partial charge in [-0.15, -0.1) is 0 Å². The second-order valence-corrected chi connectivity index (χ2v) is 7.07. The van der Waals surface area contributed by atoms with Gasteiger partial charge in [0.15, 0.2) is 0 Å². The van der Waals surface area contributed by atoms with Crippen molar-refractivity contribution in [2.45, 2.75) is 37.8 Å². The first-order valence-electron chi connectivity index (χ1n) is 8.91. The SMILES string of the molecule is Fc1ccc(C2NCCC2c2cn3c4c(cccc24)CCC3)cc1. The van der Waals surface area contributed by atoms with Crippen LogP contribution in [-0.4, -0.2) is 11.1 Å². The Bertz CT molecular complexity index is 894. The molecule has 1 fully saturated rings. The van der Waals surface area contributed by atoms with E-state index in [2.05, 4.69) is 34.3 Å². The molecule has 3 heterocycles. The lowest BCUT2D eigenvalue weighted by molar-refractivity contribution is 0.571. The highest BCUT2D eigenvalue weighted by Gasteiger charge is 2.32. The first-order chi connectivity index (χ1) is 11.8. The van der Waals surface area contributed by atoms with Crippen LogP contribution in [0.2, 0.25) is 0 Å². The Balaban J connectivity index is 1.62. The average Bonchev–Trinajstić information content (AvgIpc) is 3.22. The van der Waals surface area contributed by atoms with E-state index in [4.69, 9.17) is 0 Å². The average molecular weight is 320 g/mol. The van der Waals surface area contributed by atoms with Crippen LogP contribution in [0, 0.1) is 5.82 Å². The van der Waals surface area contributed by atoms with E-state index >= 15 is 0 Å². The van der Waals surface area contributed by atoms with Crippen molar-refractivity contribution < 1.29 is 4.39 Å². The summed E-state index contributed by atoms with van der Waals surface area (Å²) in [5, 5.41) is 5.04. The summed E-state index contributed by atoms with van der Waals surface area (Å²) in [6.07, 6.45) is 5.92. The highest BCUT2D eigenvalue weighted by molar-refractivity contribution is 5.88. The van der Waals surface area contributed by atoms with Crippen LogP contribution < -0.4 is 5.32 Å². The molecule has 3 aromatic rings. The number of hydrogen-bond acceptors (Lipinski definition) is 1. The molecule has 0 spiro atoms. The van der Waals surface area contributed by atoms with Gasteiger partial charge in [0, 0.05) is 30.1 Å². The Kier molecular flexibility index (Phi) is 3.23. The highest BCUT2D eigenvalue weighted by atomic mass is 19.1. The maximum atomic E-state index is 13.3. The van der Waals surface area contributed by atoms with Gasteiger partial charge in [0.2, 0.25) is 0 Å². The standard InChI is InChI=1S/C21H21FN2/c22-16-8-6-14(7-9-16)20-17(10-11-23-20)19-13-24-12-2-4-15-3-1-5-18(19)21(15)24/h1,3,5-9,13,17,20,23H,2,4,10-12H2. The van der Waals surface area contributed by atoms with Gasteiger partial charge < -0.3 is 9.88 Å². The fraction of sp³-hybridized carbons (Fsp3) is 0.333. The molecule has 0 aliphatic carbocycles. The lowest BCUT2D eigenvalue weighted by Gasteiger charge is -2.20. The van der Waals surface area contributed by atoms with Crippen LogP contribution in [0.4, 0.5) is 4.39 Å². The summed E-state index contributed by atoms with van der Waals surface area (Å²) >= 11 is 0. The third kappa shape index (κ3) is 2.11. The number of hydrogen-bond donors (Lipinski definition) is 1. The smallest absolute Gasteiger partial charge is 0.123 e. The van der Waals surface area contributed by atoms with E-state index in [1.807, 2.05) is 12.1 Å². The molecule has 2 atom stereocenters. The number of aromatic nitrogens is 1. The molecule has 2 aliphatic heterocycles. The normalized spacial score (nSPS) is 23.0. The van der Waals surface area contributed by atoms with Gasteiger partial charge in [0.25, 0.3) is 0 Å². The molecule has 1 aromatic heterocycles. The summed E-state index contributed by atoms with van der Waals surface area (Å²) in [7, 11) is 0. The molecule has 0 saturated carbocycles. The summed E-state index contributed by atoms with van der Waals surface area (Å²) < 4.78 is 15.7. The van der Waals surface area contributed by atoms with E-state index < -0.39 is 0 Å². The fourth-order valence-electron chi connectivity index (χ4n) is 4.64. The monoisotopic (exact) mass is 320 g/mol. The van der Waals surface area contributed by atoms with Gasteiger partial charge in [0.05, 0.1) is 5.52 Å².